The topological polar surface area (TPSA) is 53.5 Å². The minimum absolute atomic E-state index is 0.0461. The van der Waals surface area contributed by atoms with E-state index < -0.39 is 0 Å². The first-order valence-electron chi connectivity index (χ1n) is 7.96. The molecule has 0 aliphatic carbocycles. The van der Waals surface area contributed by atoms with Gasteiger partial charge in [0.1, 0.15) is 11.6 Å². The second kappa shape index (κ2) is 7.82. The molecule has 1 saturated heterocycles. The third-order valence-corrected chi connectivity index (χ3v) is 6.06. The molecule has 2 aromatic rings. The van der Waals surface area contributed by atoms with E-state index in [0.717, 1.165) is 21.3 Å². The van der Waals surface area contributed by atoms with Crippen LogP contribution in [0.25, 0.3) is 17.3 Å². The average Bonchev–Trinajstić information content (AvgIpc) is 3.16. The van der Waals surface area contributed by atoms with Crippen molar-refractivity contribution >= 4 is 52.6 Å². The van der Waals surface area contributed by atoms with Crippen molar-refractivity contribution in [2.24, 2.45) is 0 Å². The van der Waals surface area contributed by atoms with E-state index in [4.69, 9.17) is 11.6 Å². The lowest BCUT2D eigenvalue weighted by Crippen LogP contribution is -2.37. The number of hydrogen-bond acceptors (Lipinski definition) is 5. The number of likely N-dealkylation sites (N-methyl/N-ethyl adjacent to an activating group) is 1. The molecule has 8 heteroatoms. The van der Waals surface area contributed by atoms with Crippen molar-refractivity contribution < 1.29 is 9.59 Å². The molecule has 1 aromatic heterocycles. The lowest BCUT2D eigenvalue weighted by atomic mass is 10.2. The van der Waals surface area contributed by atoms with Crippen LogP contribution in [0.5, 0.6) is 0 Å². The molecule has 5 nitrogen and oxygen atoms in total. The number of nitrogens with zero attached hydrogens (tertiary/aromatic N) is 3. The van der Waals surface area contributed by atoms with Gasteiger partial charge in [-0.05, 0) is 19.1 Å². The Morgan fingerprint density at radius 3 is 2.69 bits per heavy atom. The molecule has 1 fully saturated rings. The molecule has 3 rings (SSSR count). The van der Waals surface area contributed by atoms with Gasteiger partial charge in [-0.2, -0.15) is 0 Å². The third-order valence-electron chi connectivity index (χ3n) is 3.88. The van der Waals surface area contributed by atoms with Gasteiger partial charge in [-0.3, -0.25) is 14.5 Å². The zero-order chi connectivity index (χ0) is 18.8. The van der Waals surface area contributed by atoms with E-state index >= 15 is 0 Å². The SMILES string of the molecule is CC1S/C(=C\c2nc(-c3ccc(Cl)cc3)cs2)N(CC(=O)N(C)C)C1=O. The summed E-state index contributed by atoms with van der Waals surface area (Å²) in [5.74, 6) is -0.161. The van der Waals surface area contributed by atoms with Gasteiger partial charge in [0.25, 0.3) is 0 Å². The molecule has 0 radical (unpaired) electrons. The molecule has 0 saturated carbocycles. The smallest absolute Gasteiger partial charge is 0.242 e. The highest BCUT2D eigenvalue weighted by molar-refractivity contribution is 8.04. The van der Waals surface area contributed by atoms with Gasteiger partial charge in [-0.25, -0.2) is 4.98 Å². The summed E-state index contributed by atoms with van der Waals surface area (Å²) in [6.07, 6.45) is 1.87. The van der Waals surface area contributed by atoms with E-state index in [0.29, 0.717) is 5.02 Å². The molecule has 1 aliphatic heterocycles. The largest absolute Gasteiger partial charge is 0.347 e. The summed E-state index contributed by atoms with van der Waals surface area (Å²) < 4.78 is 0. The number of amides is 2. The molecular formula is C18H18ClN3O2S2. The molecule has 0 spiro atoms. The molecule has 1 unspecified atom stereocenters. The van der Waals surface area contributed by atoms with Crippen LogP contribution in [-0.4, -0.2) is 52.5 Å². The van der Waals surface area contributed by atoms with E-state index in [1.165, 1.54) is 28.0 Å². The van der Waals surface area contributed by atoms with Crippen molar-refractivity contribution in [1.82, 2.24) is 14.8 Å². The van der Waals surface area contributed by atoms with Crippen molar-refractivity contribution in [3.05, 3.63) is 44.7 Å². The summed E-state index contributed by atoms with van der Waals surface area (Å²) in [4.78, 5) is 32.1. The number of thiazole rings is 1. The van der Waals surface area contributed by atoms with Gasteiger partial charge >= 0.3 is 0 Å². The highest BCUT2D eigenvalue weighted by Crippen LogP contribution is 2.37. The first-order valence-corrected chi connectivity index (χ1v) is 10.1. The van der Waals surface area contributed by atoms with Crippen LogP contribution in [0.15, 0.2) is 34.7 Å². The number of hydrogen-bond donors (Lipinski definition) is 0. The third kappa shape index (κ3) is 4.11. The quantitative estimate of drug-likeness (QED) is 0.773. The van der Waals surface area contributed by atoms with Crippen molar-refractivity contribution in [1.29, 1.82) is 0 Å². The normalized spacial score (nSPS) is 18.6. The van der Waals surface area contributed by atoms with E-state index in [-0.39, 0.29) is 23.6 Å². The number of rotatable bonds is 4. The average molecular weight is 408 g/mol. The van der Waals surface area contributed by atoms with E-state index in [9.17, 15) is 9.59 Å². The van der Waals surface area contributed by atoms with Gasteiger partial charge in [0.15, 0.2) is 0 Å². The van der Waals surface area contributed by atoms with E-state index in [1.807, 2.05) is 42.6 Å². The first-order chi connectivity index (χ1) is 12.3. The number of aromatic nitrogens is 1. The Morgan fingerprint density at radius 1 is 1.35 bits per heavy atom. The monoisotopic (exact) mass is 407 g/mol. The summed E-state index contributed by atoms with van der Waals surface area (Å²) in [5, 5.41) is 4.00. The molecule has 1 aliphatic rings. The van der Waals surface area contributed by atoms with Crippen LogP contribution < -0.4 is 0 Å². The molecule has 2 heterocycles. The van der Waals surface area contributed by atoms with E-state index in [2.05, 4.69) is 4.98 Å². The summed E-state index contributed by atoms with van der Waals surface area (Å²) in [5.41, 5.74) is 1.84. The highest BCUT2D eigenvalue weighted by Gasteiger charge is 2.35. The molecule has 1 atom stereocenters. The predicted octanol–water partition coefficient (Wildman–Crippen LogP) is 3.81. The number of halogens is 1. The Kier molecular flexibility index (Phi) is 5.70. The van der Waals surface area contributed by atoms with Gasteiger partial charge < -0.3 is 4.90 Å². The Labute approximate surface area is 165 Å². The maximum Gasteiger partial charge on any atom is 0.242 e. The fraction of sp³-hybridized carbons (Fsp3) is 0.278. The number of thioether (sulfide) groups is 1. The van der Waals surface area contributed by atoms with E-state index in [1.54, 1.807) is 19.0 Å². The number of carbonyl (C=O) groups is 2. The summed E-state index contributed by atoms with van der Waals surface area (Å²) in [6, 6.07) is 7.50. The molecule has 0 bridgehead atoms. The maximum absolute atomic E-state index is 12.4. The number of carbonyl (C=O) groups excluding carboxylic acids is 2. The van der Waals surface area contributed by atoms with Gasteiger partial charge in [-0.15, -0.1) is 11.3 Å². The highest BCUT2D eigenvalue weighted by atomic mass is 35.5. The zero-order valence-corrected chi connectivity index (χ0v) is 17.0. The van der Waals surface area contributed by atoms with Crippen LogP contribution in [0.4, 0.5) is 0 Å². The summed E-state index contributed by atoms with van der Waals surface area (Å²) in [6.45, 7) is 1.90. The Hall–Kier alpha value is -1.83. The van der Waals surface area contributed by atoms with Crippen LogP contribution in [0.2, 0.25) is 5.02 Å². The summed E-state index contributed by atoms with van der Waals surface area (Å²) >= 11 is 8.88. The van der Waals surface area contributed by atoms with Crippen molar-refractivity contribution in [3.63, 3.8) is 0 Å². The van der Waals surface area contributed by atoms with Crippen molar-refractivity contribution in [2.75, 3.05) is 20.6 Å². The Morgan fingerprint density at radius 2 is 2.04 bits per heavy atom. The fourth-order valence-electron chi connectivity index (χ4n) is 2.38. The van der Waals surface area contributed by atoms with Crippen LogP contribution in [0, 0.1) is 0 Å². The van der Waals surface area contributed by atoms with Crippen LogP contribution in [-0.2, 0) is 9.59 Å². The maximum atomic E-state index is 12.4. The minimum atomic E-state index is -0.202. The van der Waals surface area contributed by atoms with Gasteiger partial charge in [-0.1, -0.05) is 35.5 Å². The summed E-state index contributed by atoms with van der Waals surface area (Å²) in [7, 11) is 3.37. The standard InChI is InChI=1S/C18H18ClN3O2S2/c1-11-18(24)22(9-16(23)21(2)3)17(26-11)8-15-20-14(10-25-15)12-4-6-13(19)7-5-12/h4-8,10-11H,9H2,1-3H3/b17-8-. The van der Waals surface area contributed by atoms with Gasteiger partial charge in [0.2, 0.25) is 11.8 Å². The predicted molar refractivity (Wildman–Crippen MR) is 108 cm³/mol. The second-order valence-corrected chi connectivity index (χ2v) is 8.72. The minimum Gasteiger partial charge on any atom is -0.347 e. The number of benzene rings is 1. The van der Waals surface area contributed by atoms with Gasteiger partial charge in [0, 0.05) is 36.1 Å². The molecule has 1 aromatic carbocycles. The fourth-order valence-corrected chi connectivity index (χ4v) is 4.38. The molecule has 136 valence electrons. The Bertz CT molecular complexity index is 862. The van der Waals surface area contributed by atoms with Crippen molar-refractivity contribution in [2.45, 2.75) is 12.2 Å². The lowest BCUT2D eigenvalue weighted by Gasteiger charge is -2.19. The van der Waals surface area contributed by atoms with Gasteiger partial charge in [0.05, 0.1) is 16.0 Å². The molecule has 0 N–H and O–H groups in total. The van der Waals surface area contributed by atoms with Crippen LogP contribution in [0.3, 0.4) is 0 Å². The van der Waals surface area contributed by atoms with Crippen LogP contribution in [0.1, 0.15) is 11.9 Å². The van der Waals surface area contributed by atoms with Crippen LogP contribution >= 0.6 is 34.7 Å². The molecule has 26 heavy (non-hydrogen) atoms. The van der Waals surface area contributed by atoms with Crippen molar-refractivity contribution in [3.8, 4) is 11.3 Å². The first kappa shape index (κ1) is 18.9. The zero-order valence-electron chi connectivity index (χ0n) is 14.6. The Balaban J connectivity index is 1.84. The lowest BCUT2D eigenvalue weighted by molar-refractivity contribution is -0.136. The molecule has 2 amide bonds. The second-order valence-electron chi connectivity index (χ2n) is 6.03. The molecular weight excluding hydrogens is 390 g/mol.